The number of hydrogen-bond donors (Lipinski definition) is 1. The van der Waals surface area contributed by atoms with Gasteiger partial charge >= 0.3 is 0 Å². The molecule has 0 saturated carbocycles. The summed E-state index contributed by atoms with van der Waals surface area (Å²) >= 11 is 3.40. The first-order valence-electron chi connectivity index (χ1n) is 6.36. The predicted octanol–water partition coefficient (Wildman–Crippen LogP) is 3.85. The largest absolute Gasteiger partial charge is 0.497 e. The summed E-state index contributed by atoms with van der Waals surface area (Å²) in [5, 5.41) is 3.60. The van der Waals surface area contributed by atoms with Crippen molar-refractivity contribution in [3.05, 3.63) is 53.6 Å². The fraction of sp³-hybridized carbons (Fsp3) is 0.188. The van der Waals surface area contributed by atoms with Crippen LogP contribution >= 0.6 is 15.9 Å². The van der Waals surface area contributed by atoms with E-state index in [1.807, 2.05) is 24.3 Å². The van der Waals surface area contributed by atoms with Gasteiger partial charge in [0.1, 0.15) is 11.5 Å². The Labute approximate surface area is 132 Å². The molecule has 0 saturated heterocycles. The van der Waals surface area contributed by atoms with E-state index in [2.05, 4.69) is 21.2 Å². The Hall–Kier alpha value is -2.01. The number of carbonyl (C=O) groups excluding carboxylic acids is 1. The van der Waals surface area contributed by atoms with Crippen molar-refractivity contribution < 1.29 is 14.3 Å². The lowest BCUT2D eigenvalue weighted by molar-refractivity contribution is 0.102. The SMILES string of the molecule is COc1ccc(OC)c(C(=O)Nc2cccc(CBr)c2)c1. The molecular formula is C16H16BrNO3. The van der Waals surface area contributed by atoms with Crippen molar-refractivity contribution >= 4 is 27.5 Å². The van der Waals surface area contributed by atoms with E-state index in [4.69, 9.17) is 9.47 Å². The number of halogens is 1. The second kappa shape index (κ2) is 7.13. The van der Waals surface area contributed by atoms with Gasteiger partial charge in [-0.05, 0) is 35.9 Å². The third-order valence-electron chi connectivity index (χ3n) is 2.99. The van der Waals surface area contributed by atoms with Crippen LogP contribution in [0.5, 0.6) is 11.5 Å². The van der Waals surface area contributed by atoms with Gasteiger partial charge in [0, 0.05) is 11.0 Å². The maximum atomic E-state index is 12.4. The zero-order valence-corrected chi connectivity index (χ0v) is 13.4. The summed E-state index contributed by atoms with van der Waals surface area (Å²) < 4.78 is 10.4. The van der Waals surface area contributed by atoms with E-state index in [1.165, 1.54) is 7.11 Å². The van der Waals surface area contributed by atoms with Crippen molar-refractivity contribution in [2.24, 2.45) is 0 Å². The van der Waals surface area contributed by atoms with Gasteiger partial charge < -0.3 is 14.8 Å². The Kier molecular flexibility index (Phi) is 5.22. The molecular weight excluding hydrogens is 334 g/mol. The molecule has 0 spiro atoms. The maximum absolute atomic E-state index is 12.4. The van der Waals surface area contributed by atoms with Gasteiger partial charge in [-0.15, -0.1) is 0 Å². The Morgan fingerprint density at radius 3 is 2.62 bits per heavy atom. The van der Waals surface area contributed by atoms with E-state index < -0.39 is 0 Å². The first-order valence-corrected chi connectivity index (χ1v) is 7.48. The highest BCUT2D eigenvalue weighted by Crippen LogP contribution is 2.25. The van der Waals surface area contributed by atoms with Crippen LogP contribution in [-0.2, 0) is 5.33 Å². The van der Waals surface area contributed by atoms with Gasteiger partial charge in [0.05, 0.1) is 19.8 Å². The van der Waals surface area contributed by atoms with Gasteiger partial charge in [0.15, 0.2) is 0 Å². The summed E-state index contributed by atoms with van der Waals surface area (Å²) in [5.41, 5.74) is 2.26. The number of nitrogens with one attached hydrogen (secondary N) is 1. The number of alkyl halides is 1. The van der Waals surface area contributed by atoms with Crippen LogP contribution in [0.4, 0.5) is 5.69 Å². The first-order chi connectivity index (χ1) is 10.2. The molecule has 0 bridgehead atoms. The summed E-state index contributed by atoms with van der Waals surface area (Å²) in [7, 11) is 3.09. The lowest BCUT2D eigenvalue weighted by Gasteiger charge is -2.11. The van der Waals surface area contributed by atoms with Crippen molar-refractivity contribution in [3.63, 3.8) is 0 Å². The Balaban J connectivity index is 2.26. The number of methoxy groups -OCH3 is 2. The molecule has 2 aromatic rings. The molecule has 1 amide bonds. The number of ether oxygens (including phenoxy) is 2. The topological polar surface area (TPSA) is 47.6 Å². The number of benzene rings is 2. The predicted molar refractivity (Wildman–Crippen MR) is 86.6 cm³/mol. The molecule has 0 unspecified atom stereocenters. The Morgan fingerprint density at radius 1 is 1.14 bits per heavy atom. The summed E-state index contributed by atoms with van der Waals surface area (Å²) in [6.07, 6.45) is 0. The molecule has 0 aliphatic heterocycles. The van der Waals surface area contributed by atoms with Crippen LogP contribution in [0.3, 0.4) is 0 Å². The highest BCUT2D eigenvalue weighted by atomic mass is 79.9. The standard InChI is InChI=1S/C16H16BrNO3/c1-20-13-6-7-15(21-2)14(9-13)16(19)18-12-5-3-4-11(8-12)10-17/h3-9H,10H2,1-2H3,(H,18,19). The van der Waals surface area contributed by atoms with Crippen LogP contribution in [-0.4, -0.2) is 20.1 Å². The van der Waals surface area contributed by atoms with Crippen LogP contribution in [0.2, 0.25) is 0 Å². The molecule has 0 radical (unpaired) electrons. The summed E-state index contributed by atoms with van der Waals surface area (Å²) in [6, 6.07) is 12.8. The third kappa shape index (κ3) is 3.76. The minimum absolute atomic E-state index is 0.238. The van der Waals surface area contributed by atoms with Gasteiger partial charge in [0.25, 0.3) is 5.91 Å². The molecule has 0 aliphatic rings. The number of rotatable bonds is 5. The average Bonchev–Trinajstić information content (AvgIpc) is 2.54. The lowest BCUT2D eigenvalue weighted by Crippen LogP contribution is -2.13. The van der Waals surface area contributed by atoms with Crippen molar-refractivity contribution in [2.75, 3.05) is 19.5 Å². The van der Waals surface area contributed by atoms with Crippen molar-refractivity contribution in [1.82, 2.24) is 0 Å². The zero-order chi connectivity index (χ0) is 15.2. The van der Waals surface area contributed by atoms with Gasteiger partial charge in [-0.25, -0.2) is 0 Å². The van der Waals surface area contributed by atoms with Crippen LogP contribution in [0.1, 0.15) is 15.9 Å². The molecule has 0 heterocycles. The molecule has 21 heavy (non-hydrogen) atoms. The monoisotopic (exact) mass is 349 g/mol. The summed E-state index contributed by atoms with van der Waals surface area (Å²) in [6.45, 7) is 0. The van der Waals surface area contributed by atoms with Gasteiger partial charge in [-0.2, -0.15) is 0 Å². The highest BCUT2D eigenvalue weighted by molar-refractivity contribution is 9.08. The van der Waals surface area contributed by atoms with Crippen molar-refractivity contribution in [2.45, 2.75) is 5.33 Å². The van der Waals surface area contributed by atoms with Crippen LogP contribution in [0.25, 0.3) is 0 Å². The van der Waals surface area contributed by atoms with Crippen LogP contribution in [0.15, 0.2) is 42.5 Å². The highest BCUT2D eigenvalue weighted by Gasteiger charge is 2.14. The van der Waals surface area contributed by atoms with Gasteiger partial charge in [-0.3, -0.25) is 4.79 Å². The van der Waals surface area contributed by atoms with Gasteiger partial charge in [0.2, 0.25) is 0 Å². The molecule has 2 aromatic carbocycles. The molecule has 0 atom stereocenters. The molecule has 4 nitrogen and oxygen atoms in total. The van der Waals surface area contributed by atoms with Crippen molar-refractivity contribution in [1.29, 1.82) is 0 Å². The van der Waals surface area contributed by atoms with Gasteiger partial charge in [-0.1, -0.05) is 28.1 Å². The molecule has 5 heteroatoms. The minimum atomic E-state index is -0.238. The fourth-order valence-corrected chi connectivity index (χ4v) is 2.27. The fourth-order valence-electron chi connectivity index (χ4n) is 1.92. The average molecular weight is 350 g/mol. The second-order valence-electron chi connectivity index (χ2n) is 4.35. The number of anilines is 1. The lowest BCUT2D eigenvalue weighted by atomic mass is 10.1. The Morgan fingerprint density at radius 2 is 1.95 bits per heavy atom. The first kappa shape index (κ1) is 15.4. The molecule has 110 valence electrons. The number of carbonyl (C=O) groups is 1. The van der Waals surface area contributed by atoms with Crippen LogP contribution < -0.4 is 14.8 Å². The maximum Gasteiger partial charge on any atom is 0.259 e. The normalized spacial score (nSPS) is 10.0. The van der Waals surface area contributed by atoms with Crippen LogP contribution in [0, 0.1) is 0 Å². The third-order valence-corrected chi connectivity index (χ3v) is 3.64. The Bertz CT molecular complexity index is 643. The number of hydrogen-bond acceptors (Lipinski definition) is 3. The summed E-state index contributed by atoms with van der Waals surface area (Å²) in [5.74, 6) is 0.873. The minimum Gasteiger partial charge on any atom is -0.497 e. The van der Waals surface area contributed by atoms with E-state index in [1.54, 1.807) is 25.3 Å². The number of amides is 1. The van der Waals surface area contributed by atoms with Crippen molar-refractivity contribution in [3.8, 4) is 11.5 Å². The molecule has 0 aliphatic carbocycles. The molecule has 1 N–H and O–H groups in total. The van der Waals surface area contributed by atoms with E-state index in [0.717, 1.165) is 16.6 Å². The summed E-state index contributed by atoms with van der Waals surface area (Å²) in [4.78, 5) is 12.4. The van der Waals surface area contributed by atoms with E-state index >= 15 is 0 Å². The van der Waals surface area contributed by atoms with E-state index in [0.29, 0.717) is 17.1 Å². The molecule has 0 aromatic heterocycles. The zero-order valence-electron chi connectivity index (χ0n) is 11.9. The smallest absolute Gasteiger partial charge is 0.259 e. The quantitative estimate of drug-likeness (QED) is 0.834. The molecule has 2 rings (SSSR count). The molecule has 0 fully saturated rings. The van der Waals surface area contributed by atoms with E-state index in [9.17, 15) is 4.79 Å². The second-order valence-corrected chi connectivity index (χ2v) is 4.92. The van der Waals surface area contributed by atoms with E-state index in [-0.39, 0.29) is 5.91 Å².